The van der Waals surface area contributed by atoms with Crippen molar-refractivity contribution in [2.24, 2.45) is 0 Å². The van der Waals surface area contributed by atoms with Gasteiger partial charge in [-0.25, -0.2) is 4.98 Å². The normalized spacial score (nSPS) is 18.1. The van der Waals surface area contributed by atoms with Crippen LogP contribution in [0.1, 0.15) is 31.4 Å². The van der Waals surface area contributed by atoms with Crippen LogP contribution < -0.4 is 0 Å². The van der Waals surface area contributed by atoms with Gasteiger partial charge >= 0.3 is 0 Å². The van der Waals surface area contributed by atoms with E-state index in [9.17, 15) is 0 Å². The summed E-state index contributed by atoms with van der Waals surface area (Å²) < 4.78 is 1.95. The molecule has 0 radical (unpaired) electrons. The Balaban J connectivity index is 1.85. The van der Waals surface area contributed by atoms with Crippen molar-refractivity contribution >= 4 is 17.1 Å². The summed E-state index contributed by atoms with van der Waals surface area (Å²) in [4.78, 5) is 7.00. The lowest BCUT2D eigenvalue weighted by molar-refractivity contribution is 0.275. The molecule has 0 amide bonds. The van der Waals surface area contributed by atoms with Crippen molar-refractivity contribution in [1.29, 1.82) is 0 Å². The van der Waals surface area contributed by atoms with Gasteiger partial charge in [0.05, 0.1) is 11.2 Å². The van der Waals surface area contributed by atoms with E-state index >= 15 is 0 Å². The molecule has 4 heteroatoms. The van der Waals surface area contributed by atoms with E-state index in [0.717, 1.165) is 17.8 Å². The van der Waals surface area contributed by atoms with Gasteiger partial charge in [-0.1, -0.05) is 18.9 Å². The van der Waals surface area contributed by atoms with Gasteiger partial charge in [-0.3, -0.25) is 9.30 Å². The minimum absolute atomic E-state index is 0.565. The molecule has 1 aliphatic heterocycles. The van der Waals surface area contributed by atoms with Crippen LogP contribution in [-0.2, 0) is 6.54 Å². The fourth-order valence-electron chi connectivity index (χ4n) is 2.68. The van der Waals surface area contributed by atoms with Crippen LogP contribution in [0.4, 0.5) is 0 Å². The monoisotopic (exact) mass is 263 g/mol. The molecule has 96 valence electrons. The van der Waals surface area contributed by atoms with Crippen molar-refractivity contribution in [3.8, 4) is 0 Å². The van der Waals surface area contributed by atoms with E-state index in [0.29, 0.717) is 5.28 Å². The second-order valence-corrected chi connectivity index (χ2v) is 5.31. The van der Waals surface area contributed by atoms with E-state index < -0.39 is 0 Å². The Morgan fingerprint density at radius 3 is 2.67 bits per heavy atom. The molecule has 3 rings (SSSR count). The molecule has 0 atom stereocenters. The highest BCUT2D eigenvalue weighted by Crippen LogP contribution is 2.19. The van der Waals surface area contributed by atoms with Gasteiger partial charge in [0, 0.05) is 12.7 Å². The second-order valence-electron chi connectivity index (χ2n) is 4.97. The first kappa shape index (κ1) is 12.0. The van der Waals surface area contributed by atoms with E-state index in [-0.39, 0.29) is 0 Å². The Labute approximate surface area is 112 Å². The largest absolute Gasteiger partial charge is 0.297 e. The van der Waals surface area contributed by atoms with Crippen LogP contribution in [0.15, 0.2) is 24.4 Å². The van der Waals surface area contributed by atoms with Crippen molar-refractivity contribution in [3.63, 3.8) is 0 Å². The maximum Gasteiger partial charge on any atom is 0.207 e. The highest BCUT2D eigenvalue weighted by Gasteiger charge is 2.14. The van der Waals surface area contributed by atoms with Gasteiger partial charge < -0.3 is 0 Å². The number of pyridine rings is 1. The molecule has 1 fully saturated rings. The third-order valence-corrected chi connectivity index (χ3v) is 3.92. The summed E-state index contributed by atoms with van der Waals surface area (Å²) >= 11 is 6.16. The molecule has 2 aromatic heterocycles. The highest BCUT2D eigenvalue weighted by atomic mass is 35.5. The first-order valence-electron chi connectivity index (χ1n) is 6.68. The topological polar surface area (TPSA) is 20.5 Å². The Morgan fingerprint density at radius 2 is 1.89 bits per heavy atom. The molecular weight excluding hydrogens is 246 g/mol. The number of hydrogen-bond donors (Lipinski definition) is 0. The molecule has 18 heavy (non-hydrogen) atoms. The zero-order valence-corrected chi connectivity index (χ0v) is 11.2. The molecule has 0 aromatic carbocycles. The maximum absolute atomic E-state index is 6.16. The molecule has 0 aliphatic carbocycles. The predicted octanol–water partition coefficient (Wildman–Crippen LogP) is 3.36. The Kier molecular flexibility index (Phi) is 3.52. The maximum atomic E-state index is 6.16. The number of halogens is 1. The lowest BCUT2D eigenvalue weighted by Gasteiger charge is -2.18. The van der Waals surface area contributed by atoms with Crippen molar-refractivity contribution in [2.75, 3.05) is 13.1 Å². The number of rotatable bonds is 2. The third-order valence-electron chi connectivity index (χ3n) is 3.65. The molecule has 2 aromatic rings. The van der Waals surface area contributed by atoms with Crippen LogP contribution in [0.5, 0.6) is 0 Å². The van der Waals surface area contributed by atoms with Crippen molar-refractivity contribution in [3.05, 3.63) is 35.4 Å². The summed E-state index contributed by atoms with van der Waals surface area (Å²) in [6, 6.07) is 6.11. The average molecular weight is 264 g/mol. The van der Waals surface area contributed by atoms with Crippen LogP contribution in [-0.4, -0.2) is 27.4 Å². The minimum Gasteiger partial charge on any atom is -0.297 e. The van der Waals surface area contributed by atoms with Crippen molar-refractivity contribution in [2.45, 2.75) is 32.2 Å². The molecule has 0 spiro atoms. The summed E-state index contributed by atoms with van der Waals surface area (Å²) in [6.07, 6.45) is 7.30. The molecule has 3 nitrogen and oxygen atoms in total. The summed E-state index contributed by atoms with van der Waals surface area (Å²) in [5.74, 6) is 0. The fraction of sp³-hybridized carbons (Fsp3) is 0.500. The van der Waals surface area contributed by atoms with Crippen LogP contribution >= 0.6 is 11.6 Å². The first-order chi connectivity index (χ1) is 8.84. The smallest absolute Gasteiger partial charge is 0.207 e. The lowest BCUT2D eigenvalue weighted by Crippen LogP contribution is -2.24. The second kappa shape index (κ2) is 5.29. The average Bonchev–Trinajstić information content (AvgIpc) is 2.58. The molecular formula is C14H18ClN3. The molecule has 0 N–H and O–H groups in total. The number of nitrogens with zero attached hydrogens (tertiary/aromatic N) is 3. The number of aromatic nitrogens is 2. The minimum atomic E-state index is 0.565. The summed E-state index contributed by atoms with van der Waals surface area (Å²) in [5.41, 5.74) is 2.23. The van der Waals surface area contributed by atoms with Gasteiger partial charge in [-0.15, -0.1) is 0 Å². The number of imidazole rings is 1. The number of hydrogen-bond acceptors (Lipinski definition) is 2. The zero-order valence-electron chi connectivity index (χ0n) is 10.5. The standard InChI is InChI=1S/C14H18ClN3/c15-14-16-12(13-7-3-6-10-18(13)14)11-17-8-4-1-2-5-9-17/h3,6-7,10H,1-2,4-5,8-9,11H2. The lowest BCUT2D eigenvalue weighted by atomic mass is 10.2. The fourth-order valence-corrected chi connectivity index (χ4v) is 2.93. The summed E-state index contributed by atoms with van der Waals surface area (Å²) in [6.45, 7) is 3.28. The van der Waals surface area contributed by atoms with Gasteiger partial charge in [0.15, 0.2) is 0 Å². The van der Waals surface area contributed by atoms with Crippen LogP contribution in [0, 0.1) is 0 Å². The van der Waals surface area contributed by atoms with Crippen LogP contribution in [0.2, 0.25) is 5.28 Å². The van der Waals surface area contributed by atoms with Gasteiger partial charge in [0.1, 0.15) is 0 Å². The molecule has 0 saturated carbocycles. The SMILES string of the molecule is Clc1nc(CN2CCCCCC2)c2ccccn12. The van der Waals surface area contributed by atoms with Gasteiger partial charge in [0.2, 0.25) is 5.28 Å². The van der Waals surface area contributed by atoms with Crippen molar-refractivity contribution < 1.29 is 0 Å². The van der Waals surface area contributed by atoms with Crippen LogP contribution in [0.25, 0.3) is 5.52 Å². The van der Waals surface area contributed by atoms with Gasteiger partial charge in [-0.05, 0) is 49.7 Å². The zero-order chi connectivity index (χ0) is 12.4. The Bertz CT molecular complexity index is 527. The first-order valence-corrected chi connectivity index (χ1v) is 7.06. The molecule has 1 saturated heterocycles. The molecule has 3 heterocycles. The van der Waals surface area contributed by atoms with E-state index in [1.165, 1.54) is 38.8 Å². The van der Waals surface area contributed by atoms with Gasteiger partial charge in [0.25, 0.3) is 0 Å². The summed E-state index contributed by atoms with van der Waals surface area (Å²) in [5, 5.41) is 0.565. The van der Waals surface area contributed by atoms with Gasteiger partial charge in [-0.2, -0.15) is 0 Å². The Morgan fingerprint density at radius 1 is 1.11 bits per heavy atom. The molecule has 1 aliphatic rings. The van der Waals surface area contributed by atoms with Crippen molar-refractivity contribution in [1.82, 2.24) is 14.3 Å². The molecule has 0 bridgehead atoms. The highest BCUT2D eigenvalue weighted by molar-refractivity contribution is 6.28. The number of fused-ring (bicyclic) bond motifs is 1. The van der Waals surface area contributed by atoms with E-state index in [1.807, 2.05) is 22.7 Å². The molecule has 0 unspecified atom stereocenters. The third kappa shape index (κ3) is 2.38. The van der Waals surface area contributed by atoms with Crippen LogP contribution in [0.3, 0.4) is 0 Å². The summed E-state index contributed by atoms with van der Waals surface area (Å²) in [7, 11) is 0. The number of likely N-dealkylation sites (tertiary alicyclic amines) is 1. The van der Waals surface area contributed by atoms with E-state index in [1.54, 1.807) is 0 Å². The van der Waals surface area contributed by atoms with E-state index in [4.69, 9.17) is 11.6 Å². The predicted molar refractivity (Wildman–Crippen MR) is 73.9 cm³/mol. The Hall–Kier alpha value is -1.06. The quantitative estimate of drug-likeness (QED) is 0.828. The van der Waals surface area contributed by atoms with E-state index in [2.05, 4.69) is 16.0 Å².